The summed E-state index contributed by atoms with van der Waals surface area (Å²) < 4.78 is 45.3. The van der Waals surface area contributed by atoms with Crippen LogP contribution in [0.4, 0.5) is 13.2 Å². The van der Waals surface area contributed by atoms with Crippen LogP contribution >= 0.6 is 0 Å². The minimum Gasteiger partial charge on any atom is -0.406 e. The van der Waals surface area contributed by atoms with E-state index in [1.807, 2.05) is 0 Å². The SMILES string of the molecule is O=C(Cc1ccc(OC(F)(F)F)cc1)CC1CNCCO1. The molecule has 7 heteroatoms. The lowest BCUT2D eigenvalue weighted by Gasteiger charge is -2.22. The number of carbonyl (C=O) groups excluding carboxylic acids is 1. The van der Waals surface area contributed by atoms with Gasteiger partial charge in [0.2, 0.25) is 0 Å². The zero-order valence-corrected chi connectivity index (χ0v) is 11.3. The number of alkyl halides is 3. The molecule has 1 unspecified atom stereocenters. The monoisotopic (exact) mass is 303 g/mol. The summed E-state index contributed by atoms with van der Waals surface area (Å²) in [5.74, 6) is -0.299. The van der Waals surface area contributed by atoms with Gasteiger partial charge in [0.1, 0.15) is 11.5 Å². The van der Waals surface area contributed by atoms with Crippen molar-refractivity contribution in [3.63, 3.8) is 0 Å². The molecule has 1 aromatic rings. The smallest absolute Gasteiger partial charge is 0.406 e. The molecule has 1 heterocycles. The lowest BCUT2D eigenvalue weighted by molar-refractivity contribution is -0.274. The summed E-state index contributed by atoms with van der Waals surface area (Å²) in [6.07, 6.45) is -4.36. The quantitative estimate of drug-likeness (QED) is 0.904. The number of rotatable bonds is 5. The van der Waals surface area contributed by atoms with Crippen molar-refractivity contribution in [1.82, 2.24) is 5.32 Å². The molecular weight excluding hydrogens is 287 g/mol. The standard InChI is InChI=1S/C14H16F3NO3/c15-14(16,17)21-12-3-1-10(2-4-12)7-11(19)8-13-9-18-5-6-20-13/h1-4,13,18H,5-9H2. The average molecular weight is 303 g/mol. The summed E-state index contributed by atoms with van der Waals surface area (Å²) >= 11 is 0. The molecule has 1 aliphatic rings. The lowest BCUT2D eigenvalue weighted by atomic mass is 10.0. The Morgan fingerprint density at radius 2 is 2.05 bits per heavy atom. The zero-order valence-electron chi connectivity index (χ0n) is 11.3. The topological polar surface area (TPSA) is 47.6 Å². The maximum absolute atomic E-state index is 12.0. The van der Waals surface area contributed by atoms with Crippen molar-refractivity contribution < 1.29 is 27.4 Å². The molecule has 0 bridgehead atoms. The van der Waals surface area contributed by atoms with E-state index in [9.17, 15) is 18.0 Å². The molecule has 1 saturated heterocycles. The number of ketones is 1. The first-order chi connectivity index (χ1) is 9.92. The first-order valence-corrected chi connectivity index (χ1v) is 6.61. The largest absolute Gasteiger partial charge is 0.573 e. The molecule has 0 aromatic heterocycles. The van der Waals surface area contributed by atoms with E-state index < -0.39 is 6.36 Å². The molecule has 0 amide bonds. The maximum atomic E-state index is 12.0. The number of morpholine rings is 1. The fraction of sp³-hybridized carbons (Fsp3) is 0.500. The van der Waals surface area contributed by atoms with Crippen molar-refractivity contribution >= 4 is 5.78 Å². The predicted octanol–water partition coefficient (Wildman–Crippen LogP) is 2.08. The van der Waals surface area contributed by atoms with Crippen LogP contribution in [-0.4, -0.2) is 37.9 Å². The second kappa shape index (κ2) is 6.91. The molecule has 116 valence electrons. The summed E-state index contributed by atoms with van der Waals surface area (Å²) in [5, 5.41) is 3.13. The number of carbonyl (C=O) groups is 1. The fourth-order valence-corrected chi connectivity index (χ4v) is 2.11. The third-order valence-corrected chi connectivity index (χ3v) is 3.02. The van der Waals surface area contributed by atoms with Gasteiger partial charge < -0.3 is 14.8 Å². The molecule has 0 spiro atoms. The van der Waals surface area contributed by atoms with E-state index >= 15 is 0 Å². The number of halogens is 3. The zero-order chi connectivity index (χ0) is 15.3. The van der Waals surface area contributed by atoms with Crippen LogP contribution in [-0.2, 0) is 16.0 Å². The van der Waals surface area contributed by atoms with E-state index in [0.29, 0.717) is 25.1 Å². The molecule has 1 N–H and O–H groups in total. The van der Waals surface area contributed by atoms with E-state index in [-0.39, 0.29) is 24.1 Å². The van der Waals surface area contributed by atoms with Crippen LogP contribution in [0.1, 0.15) is 12.0 Å². The third kappa shape index (κ3) is 5.73. The van der Waals surface area contributed by atoms with Gasteiger partial charge in [-0.05, 0) is 17.7 Å². The van der Waals surface area contributed by atoms with Crippen molar-refractivity contribution in [2.45, 2.75) is 25.3 Å². The molecule has 0 saturated carbocycles. The van der Waals surface area contributed by atoms with Gasteiger partial charge in [0.15, 0.2) is 0 Å². The highest BCUT2D eigenvalue weighted by atomic mass is 19.4. The molecule has 21 heavy (non-hydrogen) atoms. The third-order valence-electron chi connectivity index (χ3n) is 3.02. The minimum absolute atomic E-state index is 0.00631. The van der Waals surface area contributed by atoms with Gasteiger partial charge in [-0.2, -0.15) is 0 Å². The Morgan fingerprint density at radius 1 is 1.33 bits per heavy atom. The van der Waals surface area contributed by atoms with Crippen LogP contribution in [0.3, 0.4) is 0 Å². The van der Waals surface area contributed by atoms with Gasteiger partial charge >= 0.3 is 6.36 Å². The Labute approximate surface area is 120 Å². The van der Waals surface area contributed by atoms with Crippen LogP contribution in [0.25, 0.3) is 0 Å². The van der Waals surface area contributed by atoms with Crippen LogP contribution in [0.5, 0.6) is 5.75 Å². The Balaban J connectivity index is 1.83. The molecule has 4 nitrogen and oxygen atoms in total. The normalized spacial score (nSPS) is 19.3. The summed E-state index contributed by atoms with van der Waals surface area (Å²) in [7, 11) is 0. The van der Waals surface area contributed by atoms with Gasteiger partial charge in [0.25, 0.3) is 0 Å². The molecule has 0 aliphatic carbocycles. The first-order valence-electron chi connectivity index (χ1n) is 6.61. The van der Waals surface area contributed by atoms with Crippen LogP contribution in [0, 0.1) is 0 Å². The van der Waals surface area contributed by atoms with Crippen molar-refractivity contribution in [1.29, 1.82) is 0 Å². The number of hydrogen-bond acceptors (Lipinski definition) is 4. The molecule has 1 fully saturated rings. The van der Waals surface area contributed by atoms with E-state index in [0.717, 1.165) is 6.54 Å². The Bertz CT molecular complexity index is 467. The number of Topliss-reactive ketones (excluding diaryl/α,β-unsaturated/α-hetero) is 1. The molecule has 1 atom stereocenters. The Hall–Kier alpha value is -1.60. The fourth-order valence-electron chi connectivity index (χ4n) is 2.11. The van der Waals surface area contributed by atoms with Crippen LogP contribution in [0.2, 0.25) is 0 Å². The molecule has 2 rings (SSSR count). The van der Waals surface area contributed by atoms with Crippen LogP contribution < -0.4 is 10.1 Å². The predicted molar refractivity (Wildman–Crippen MR) is 69.1 cm³/mol. The van der Waals surface area contributed by atoms with Gasteiger partial charge in [0.05, 0.1) is 12.7 Å². The summed E-state index contributed by atoms with van der Waals surface area (Å²) in [5.41, 5.74) is 0.651. The minimum atomic E-state index is -4.71. The number of nitrogens with one attached hydrogen (secondary N) is 1. The Morgan fingerprint density at radius 3 is 2.62 bits per heavy atom. The number of benzene rings is 1. The van der Waals surface area contributed by atoms with Crippen molar-refractivity contribution in [3.05, 3.63) is 29.8 Å². The Kier molecular flexibility index (Phi) is 5.19. The molecular formula is C14H16F3NO3. The second-order valence-electron chi connectivity index (χ2n) is 4.81. The van der Waals surface area contributed by atoms with E-state index in [1.165, 1.54) is 24.3 Å². The van der Waals surface area contributed by atoms with Crippen molar-refractivity contribution in [2.24, 2.45) is 0 Å². The first kappa shape index (κ1) is 15.8. The van der Waals surface area contributed by atoms with Gasteiger partial charge in [-0.3, -0.25) is 4.79 Å². The summed E-state index contributed by atoms with van der Waals surface area (Å²) in [6, 6.07) is 5.32. The molecule has 0 radical (unpaired) electrons. The van der Waals surface area contributed by atoms with Gasteiger partial charge in [-0.1, -0.05) is 12.1 Å². The van der Waals surface area contributed by atoms with Crippen LogP contribution in [0.15, 0.2) is 24.3 Å². The lowest BCUT2D eigenvalue weighted by Crippen LogP contribution is -2.39. The maximum Gasteiger partial charge on any atom is 0.573 e. The van der Waals surface area contributed by atoms with E-state index in [2.05, 4.69) is 10.1 Å². The summed E-state index contributed by atoms with van der Waals surface area (Å²) in [4.78, 5) is 11.9. The molecule has 1 aliphatic heterocycles. The van der Waals surface area contributed by atoms with Gasteiger partial charge in [0, 0.05) is 25.9 Å². The summed E-state index contributed by atoms with van der Waals surface area (Å²) in [6.45, 7) is 2.01. The van der Waals surface area contributed by atoms with Gasteiger partial charge in [-0.25, -0.2) is 0 Å². The molecule has 1 aromatic carbocycles. The average Bonchev–Trinajstić information content (AvgIpc) is 2.40. The van der Waals surface area contributed by atoms with Crippen molar-refractivity contribution in [3.8, 4) is 5.75 Å². The highest BCUT2D eigenvalue weighted by Crippen LogP contribution is 2.23. The van der Waals surface area contributed by atoms with E-state index in [1.54, 1.807) is 0 Å². The number of ether oxygens (including phenoxy) is 2. The van der Waals surface area contributed by atoms with Gasteiger partial charge in [-0.15, -0.1) is 13.2 Å². The highest BCUT2D eigenvalue weighted by Gasteiger charge is 2.31. The number of hydrogen-bond donors (Lipinski definition) is 1. The van der Waals surface area contributed by atoms with Crippen molar-refractivity contribution in [2.75, 3.05) is 19.7 Å². The highest BCUT2D eigenvalue weighted by molar-refractivity contribution is 5.81. The second-order valence-corrected chi connectivity index (χ2v) is 4.81. The van der Waals surface area contributed by atoms with E-state index in [4.69, 9.17) is 4.74 Å².